The molecule has 0 radical (unpaired) electrons. The highest BCUT2D eigenvalue weighted by Crippen LogP contribution is 2.24. The number of nitrogens with two attached hydrogens (primary N) is 2. The van der Waals surface area contributed by atoms with E-state index in [1.807, 2.05) is 0 Å². The van der Waals surface area contributed by atoms with Crippen LogP contribution in [0.2, 0.25) is 0 Å². The number of benzene rings is 1. The second kappa shape index (κ2) is 5.41. The van der Waals surface area contributed by atoms with Crippen LogP contribution in [0.3, 0.4) is 0 Å². The average molecular weight is 299 g/mol. The Hall–Kier alpha value is -1.60. The Morgan fingerprint density at radius 2 is 1.70 bits per heavy atom. The standard InChI is InChI=1S/C13H21N3O3S/c1-8-5-10(14)6-9(2)12(8)20(18,19)16-13(3,4)7-11(15)17/h5-6,16H,7,14H2,1-4H3,(H2,15,17). The van der Waals surface area contributed by atoms with Crippen LogP contribution in [0.15, 0.2) is 17.0 Å². The molecule has 0 unspecified atom stereocenters. The van der Waals surface area contributed by atoms with Crippen molar-refractivity contribution < 1.29 is 13.2 Å². The Bertz CT molecular complexity index is 613. The van der Waals surface area contributed by atoms with Crippen LogP contribution >= 0.6 is 0 Å². The van der Waals surface area contributed by atoms with Gasteiger partial charge in [-0.05, 0) is 51.0 Å². The topological polar surface area (TPSA) is 115 Å². The van der Waals surface area contributed by atoms with Gasteiger partial charge in [0.1, 0.15) is 0 Å². The monoisotopic (exact) mass is 299 g/mol. The molecule has 0 bridgehead atoms. The Balaban J connectivity index is 3.22. The Labute approximate surface area is 119 Å². The van der Waals surface area contributed by atoms with Crippen LogP contribution in [-0.4, -0.2) is 19.9 Å². The molecule has 0 aliphatic heterocycles. The van der Waals surface area contributed by atoms with Gasteiger partial charge in [-0.2, -0.15) is 0 Å². The van der Waals surface area contributed by atoms with Crippen molar-refractivity contribution in [2.45, 2.75) is 44.6 Å². The maximum atomic E-state index is 12.5. The molecule has 20 heavy (non-hydrogen) atoms. The molecule has 1 amide bonds. The number of aryl methyl sites for hydroxylation is 2. The van der Waals surface area contributed by atoms with Gasteiger partial charge in [0.2, 0.25) is 15.9 Å². The summed E-state index contributed by atoms with van der Waals surface area (Å²) < 4.78 is 27.5. The summed E-state index contributed by atoms with van der Waals surface area (Å²) in [5.74, 6) is -0.566. The summed E-state index contributed by atoms with van der Waals surface area (Å²) in [6, 6.07) is 3.20. The van der Waals surface area contributed by atoms with E-state index in [0.717, 1.165) is 0 Å². The lowest BCUT2D eigenvalue weighted by Gasteiger charge is -2.25. The minimum Gasteiger partial charge on any atom is -0.399 e. The van der Waals surface area contributed by atoms with Gasteiger partial charge in [0.25, 0.3) is 0 Å². The number of amides is 1. The molecular weight excluding hydrogens is 278 g/mol. The van der Waals surface area contributed by atoms with E-state index in [2.05, 4.69) is 4.72 Å². The highest BCUT2D eigenvalue weighted by molar-refractivity contribution is 7.89. The highest BCUT2D eigenvalue weighted by atomic mass is 32.2. The predicted octanol–water partition coefficient (Wildman–Crippen LogP) is 0.818. The van der Waals surface area contributed by atoms with Crippen LogP contribution < -0.4 is 16.2 Å². The maximum Gasteiger partial charge on any atom is 0.241 e. The van der Waals surface area contributed by atoms with Crippen LogP contribution in [0, 0.1) is 13.8 Å². The van der Waals surface area contributed by atoms with E-state index in [1.165, 1.54) is 0 Å². The molecular formula is C13H21N3O3S. The second-order valence-electron chi connectivity index (χ2n) is 5.62. The number of hydrogen-bond donors (Lipinski definition) is 3. The Morgan fingerprint density at radius 3 is 2.10 bits per heavy atom. The van der Waals surface area contributed by atoms with Crippen LogP contribution in [-0.2, 0) is 14.8 Å². The fraction of sp³-hybridized carbons (Fsp3) is 0.462. The minimum absolute atomic E-state index is 0.0840. The van der Waals surface area contributed by atoms with Crippen LogP contribution in [0.5, 0.6) is 0 Å². The SMILES string of the molecule is Cc1cc(N)cc(C)c1S(=O)(=O)NC(C)(C)CC(N)=O. The summed E-state index contributed by atoms with van der Waals surface area (Å²) in [5.41, 5.74) is 11.5. The third-order valence-corrected chi connectivity index (χ3v) is 4.78. The lowest BCUT2D eigenvalue weighted by Crippen LogP contribution is -2.46. The van der Waals surface area contributed by atoms with Crippen molar-refractivity contribution >= 4 is 21.6 Å². The first-order valence-corrected chi connectivity index (χ1v) is 7.62. The molecule has 1 aromatic rings. The number of anilines is 1. The van der Waals surface area contributed by atoms with Crippen LogP contribution in [0.4, 0.5) is 5.69 Å². The van der Waals surface area contributed by atoms with Gasteiger partial charge in [0, 0.05) is 17.6 Å². The molecule has 0 atom stereocenters. The summed E-state index contributed by atoms with van der Waals surface area (Å²) in [6.45, 7) is 6.58. The smallest absolute Gasteiger partial charge is 0.241 e. The lowest BCUT2D eigenvalue weighted by molar-refractivity contribution is -0.119. The first-order valence-electron chi connectivity index (χ1n) is 6.13. The summed E-state index contributed by atoms with van der Waals surface area (Å²) in [6.07, 6.45) is -0.0840. The predicted molar refractivity (Wildman–Crippen MR) is 78.5 cm³/mol. The Morgan fingerprint density at radius 1 is 1.25 bits per heavy atom. The first-order chi connectivity index (χ1) is 8.94. The lowest BCUT2D eigenvalue weighted by atomic mass is 10.0. The molecule has 7 heteroatoms. The number of nitrogens with one attached hydrogen (secondary N) is 1. The van der Waals surface area contributed by atoms with Gasteiger partial charge >= 0.3 is 0 Å². The molecule has 112 valence electrons. The van der Waals surface area contributed by atoms with Gasteiger partial charge in [-0.25, -0.2) is 13.1 Å². The largest absolute Gasteiger partial charge is 0.399 e. The van der Waals surface area contributed by atoms with Gasteiger partial charge in [-0.15, -0.1) is 0 Å². The fourth-order valence-electron chi connectivity index (χ4n) is 2.29. The van der Waals surface area contributed by atoms with E-state index in [0.29, 0.717) is 16.8 Å². The number of rotatable bonds is 5. The number of hydrogen-bond acceptors (Lipinski definition) is 4. The molecule has 5 N–H and O–H groups in total. The van der Waals surface area contributed by atoms with E-state index in [-0.39, 0.29) is 11.3 Å². The van der Waals surface area contributed by atoms with Crippen molar-refractivity contribution in [2.75, 3.05) is 5.73 Å². The van der Waals surface area contributed by atoms with E-state index < -0.39 is 21.5 Å². The molecule has 0 saturated carbocycles. The zero-order valence-electron chi connectivity index (χ0n) is 12.1. The van der Waals surface area contributed by atoms with Gasteiger partial charge in [-0.1, -0.05) is 0 Å². The molecule has 0 aliphatic rings. The summed E-state index contributed by atoms with van der Waals surface area (Å²) >= 11 is 0. The van der Waals surface area contributed by atoms with E-state index in [1.54, 1.807) is 39.8 Å². The minimum atomic E-state index is -3.76. The zero-order valence-corrected chi connectivity index (χ0v) is 13.0. The summed E-state index contributed by atoms with van der Waals surface area (Å²) in [7, 11) is -3.76. The van der Waals surface area contributed by atoms with Gasteiger partial charge in [-0.3, -0.25) is 4.79 Å². The van der Waals surface area contributed by atoms with Crippen LogP contribution in [0.1, 0.15) is 31.4 Å². The molecule has 1 aromatic carbocycles. The van der Waals surface area contributed by atoms with Crippen molar-refractivity contribution in [1.82, 2.24) is 4.72 Å². The molecule has 0 aliphatic carbocycles. The molecule has 0 heterocycles. The normalized spacial score (nSPS) is 12.4. The van der Waals surface area contributed by atoms with Gasteiger partial charge in [0.05, 0.1) is 4.90 Å². The van der Waals surface area contributed by atoms with Gasteiger partial charge in [0.15, 0.2) is 0 Å². The van der Waals surface area contributed by atoms with Crippen LogP contribution in [0.25, 0.3) is 0 Å². The molecule has 0 aromatic heterocycles. The molecule has 0 spiro atoms. The third-order valence-electron chi connectivity index (χ3n) is 2.78. The van der Waals surface area contributed by atoms with Crippen molar-refractivity contribution in [3.8, 4) is 0 Å². The zero-order chi connectivity index (χ0) is 15.7. The third kappa shape index (κ3) is 3.94. The number of carbonyl (C=O) groups excluding carboxylic acids is 1. The summed E-state index contributed by atoms with van der Waals surface area (Å²) in [4.78, 5) is 11.2. The van der Waals surface area contributed by atoms with Crippen molar-refractivity contribution in [2.24, 2.45) is 5.73 Å². The molecule has 6 nitrogen and oxygen atoms in total. The van der Waals surface area contributed by atoms with Crippen molar-refractivity contribution in [3.63, 3.8) is 0 Å². The summed E-state index contributed by atoms with van der Waals surface area (Å²) in [5, 5.41) is 0. The van der Waals surface area contributed by atoms with Crippen molar-refractivity contribution in [1.29, 1.82) is 0 Å². The van der Waals surface area contributed by atoms with E-state index in [9.17, 15) is 13.2 Å². The van der Waals surface area contributed by atoms with Crippen molar-refractivity contribution in [3.05, 3.63) is 23.3 Å². The van der Waals surface area contributed by atoms with E-state index in [4.69, 9.17) is 11.5 Å². The van der Waals surface area contributed by atoms with E-state index >= 15 is 0 Å². The number of sulfonamides is 1. The average Bonchev–Trinajstić information content (AvgIpc) is 2.08. The molecule has 1 rings (SSSR count). The fourth-order valence-corrected chi connectivity index (χ4v) is 4.16. The number of carbonyl (C=O) groups is 1. The Kier molecular flexibility index (Phi) is 4.45. The number of primary amides is 1. The highest BCUT2D eigenvalue weighted by Gasteiger charge is 2.29. The maximum absolute atomic E-state index is 12.5. The number of nitrogen functional groups attached to an aromatic ring is 1. The first kappa shape index (κ1) is 16.5. The van der Waals surface area contributed by atoms with Gasteiger partial charge < -0.3 is 11.5 Å². The molecule has 0 fully saturated rings. The molecule has 0 saturated heterocycles. The second-order valence-corrected chi connectivity index (χ2v) is 7.24. The quantitative estimate of drug-likeness (QED) is 0.698.